The molecular weight excluding hydrogens is 617 g/mol. The molecule has 0 radical (unpaired) electrons. The summed E-state index contributed by atoms with van der Waals surface area (Å²) >= 11 is 0. The number of esters is 1. The molecule has 4 heteroatoms. The minimum absolute atomic E-state index is 0.00886. The van der Waals surface area contributed by atoms with Crippen LogP contribution in [0.15, 0.2) is 0 Å². The van der Waals surface area contributed by atoms with Crippen LogP contribution in [0.2, 0.25) is 0 Å². The van der Waals surface area contributed by atoms with Crippen molar-refractivity contribution >= 4 is 11.9 Å². The quantitative estimate of drug-likeness (QED) is 0.0510. The number of aliphatic carboxylic acids is 1. The number of carboxylic acids is 1. The van der Waals surface area contributed by atoms with Crippen LogP contribution in [0.25, 0.3) is 0 Å². The maximum atomic E-state index is 11.8. The van der Waals surface area contributed by atoms with Crippen LogP contribution >= 0.6 is 0 Å². The number of unbranched alkanes of at least 4 members (excludes halogenated alkanes) is 29. The first-order chi connectivity index (χ1) is 24.4. The summed E-state index contributed by atoms with van der Waals surface area (Å²) in [6.45, 7) is 11.6. The molecule has 0 aromatic rings. The number of hydrogen-bond acceptors (Lipinski definition) is 3. The van der Waals surface area contributed by atoms with E-state index in [0.29, 0.717) is 13.0 Å². The van der Waals surface area contributed by atoms with E-state index >= 15 is 0 Å². The van der Waals surface area contributed by atoms with Crippen molar-refractivity contribution in [2.75, 3.05) is 6.61 Å². The van der Waals surface area contributed by atoms with E-state index in [1.807, 2.05) is 0 Å². The van der Waals surface area contributed by atoms with Gasteiger partial charge in [-0.15, -0.1) is 0 Å². The van der Waals surface area contributed by atoms with Gasteiger partial charge in [-0.25, -0.2) is 0 Å². The molecule has 0 bridgehead atoms. The van der Waals surface area contributed by atoms with Gasteiger partial charge in [0, 0.05) is 6.42 Å². The van der Waals surface area contributed by atoms with Crippen LogP contribution in [0.4, 0.5) is 0 Å². The first-order valence-electron chi connectivity index (χ1n) is 22.8. The van der Waals surface area contributed by atoms with Crippen LogP contribution in [-0.4, -0.2) is 23.7 Å². The van der Waals surface area contributed by atoms with Gasteiger partial charge in [0.1, 0.15) is 0 Å². The average Bonchev–Trinajstić information content (AvgIpc) is 3.11. The minimum Gasteiger partial charge on any atom is -0.481 e. The summed E-state index contributed by atoms with van der Waals surface area (Å²) in [6.07, 6.45) is 46.0. The third-order valence-electron chi connectivity index (χ3n) is 10.9. The van der Waals surface area contributed by atoms with Crippen LogP contribution in [0.3, 0.4) is 0 Å². The second-order valence-corrected chi connectivity index (χ2v) is 15.7. The normalized spacial score (nSPS) is 12.3. The molecule has 0 fully saturated rings. The Bertz CT molecular complexity index is 677. The predicted molar refractivity (Wildman–Crippen MR) is 220 cm³/mol. The van der Waals surface area contributed by atoms with Gasteiger partial charge in [0.05, 0.1) is 12.0 Å². The highest BCUT2D eigenvalue weighted by molar-refractivity contribution is 5.74. The maximum absolute atomic E-state index is 11.8. The second-order valence-electron chi connectivity index (χ2n) is 15.7. The molecule has 0 aromatic carbocycles. The fourth-order valence-corrected chi connectivity index (χ4v) is 7.11. The molecule has 4 nitrogen and oxygen atoms in total. The number of carbonyl (C=O) groups is 2. The molecule has 0 saturated carbocycles. The number of hydrogen-bond donors (Lipinski definition) is 1. The molecule has 0 heterocycles. The highest BCUT2D eigenvalue weighted by Crippen LogP contribution is 2.35. The molecule has 1 unspecified atom stereocenters. The lowest BCUT2D eigenvalue weighted by Gasteiger charge is -2.28. The molecule has 0 aromatic heterocycles. The summed E-state index contributed by atoms with van der Waals surface area (Å²) in [5, 5.41) is 9.76. The van der Waals surface area contributed by atoms with Gasteiger partial charge in [0.2, 0.25) is 0 Å². The smallest absolute Gasteiger partial charge is 0.309 e. The van der Waals surface area contributed by atoms with Crippen molar-refractivity contribution in [3.8, 4) is 0 Å². The van der Waals surface area contributed by atoms with Crippen LogP contribution in [0.1, 0.15) is 272 Å². The Balaban J connectivity index is 0. The topological polar surface area (TPSA) is 63.6 Å². The summed E-state index contributed by atoms with van der Waals surface area (Å²) in [7, 11) is 0. The van der Waals surface area contributed by atoms with Crippen molar-refractivity contribution < 1.29 is 19.4 Å². The Labute approximate surface area is 314 Å². The van der Waals surface area contributed by atoms with Gasteiger partial charge in [0.25, 0.3) is 0 Å². The summed E-state index contributed by atoms with van der Waals surface area (Å²) in [5.74, 6) is -0.547. The first-order valence-corrected chi connectivity index (χ1v) is 22.8. The molecule has 300 valence electrons. The van der Waals surface area contributed by atoms with Crippen molar-refractivity contribution in [3.63, 3.8) is 0 Å². The highest BCUT2D eigenvalue weighted by Gasteiger charge is 2.35. The van der Waals surface area contributed by atoms with Crippen molar-refractivity contribution in [2.45, 2.75) is 272 Å². The average molecular weight is 709 g/mol. The van der Waals surface area contributed by atoms with E-state index in [1.165, 1.54) is 186 Å². The van der Waals surface area contributed by atoms with Crippen LogP contribution in [0.5, 0.6) is 0 Å². The molecule has 0 saturated heterocycles. The lowest BCUT2D eigenvalue weighted by atomic mass is 9.76. The van der Waals surface area contributed by atoms with Crippen LogP contribution in [0, 0.1) is 5.41 Å². The molecule has 0 amide bonds. The van der Waals surface area contributed by atoms with Crippen molar-refractivity contribution in [2.24, 2.45) is 5.41 Å². The Morgan fingerprint density at radius 2 is 0.680 bits per heavy atom. The summed E-state index contributed by atoms with van der Waals surface area (Å²) in [4.78, 5) is 23.4. The number of ether oxygens (including phenoxy) is 1. The minimum atomic E-state index is -0.556. The van der Waals surface area contributed by atoms with Gasteiger partial charge in [-0.05, 0) is 32.1 Å². The van der Waals surface area contributed by atoms with Crippen molar-refractivity contribution in [3.05, 3.63) is 0 Å². The summed E-state index contributed by atoms with van der Waals surface area (Å²) in [5.41, 5.74) is -0.452. The van der Waals surface area contributed by atoms with E-state index in [2.05, 4.69) is 34.6 Å². The van der Waals surface area contributed by atoms with E-state index in [4.69, 9.17) is 4.74 Å². The lowest BCUT2D eigenvalue weighted by Crippen LogP contribution is -2.30. The summed E-state index contributed by atoms with van der Waals surface area (Å²) < 4.78 is 5.26. The molecule has 0 aliphatic rings. The fraction of sp³-hybridized carbons (Fsp3) is 0.957. The highest BCUT2D eigenvalue weighted by atomic mass is 16.5. The SMILES string of the molecule is CCCCCCCCCCCCCCC(CC)(CCCCCC)C(=O)O.CCCCCCCCCCCCCCCC(=O)OCCCCCC. The van der Waals surface area contributed by atoms with Gasteiger partial charge >= 0.3 is 11.9 Å². The van der Waals surface area contributed by atoms with E-state index in [9.17, 15) is 14.7 Å². The zero-order valence-corrected chi connectivity index (χ0v) is 35.0. The number of rotatable bonds is 39. The lowest BCUT2D eigenvalue weighted by molar-refractivity contribution is -0.150. The Morgan fingerprint density at radius 1 is 0.400 bits per heavy atom. The molecule has 0 rings (SSSR count). The van der Waals surface area contributed by atoms with Gasteiger partial charge in [0.15, 0.2) is 0 Å². The third-order valence-corrected chi connectivity index (χ3v) is 10.9. The fourth-order valence-electron chi connectivity index (χ4n) is 7.11. The molecule has 0 aliphatic carbocycles. The van der Waals surface area contributed by atoms with E-state index in [-0.39, 0.29) is 5.97 Å². The zero-order chi connectivity index (χ0) is 37.2. The van der Waals surface area contributed by atoms with Crippen molar-refractivity contribution in [1.82, 2.24) is 0 Å². The zero-order valence-electron chi connectivity index (χ0n) is 35.0. The van der Waals surface area contributed by atoms with Gasteiger partial charge in [-0.1, -0.05) is 234 Å². The largest absolute Gasteiger partial charge is 0.481 e. The molecule has 1 atom stereocenters. The molecule has 0 aliphatic heterocycles. The maximum Gasteiger partial charge on any atom is 0.309 e. The first kappa shape index (κ1) is 51.0. The van der Waals surface area contributed by atoms with Gasteiger partial charge in [-0.3, -0.25) is 9.59 Å². The van der Waals surface area contributed by atoms with Crippen LogP contribution < -0.4 is 0 Å². The Morgan fingerprint density at radius 3 is 1.00 bits per heavy atom. The predicted octanol–water partition coefficient (Wildman–Crippen LogP) is 16.1. The molecule has 50 heavy (non-hydrogen) atoms. The molecule has 0 spiro atoms. The summed E-state index contributed by atoms with van der Waals surface area (Å²) in [6, 6.07) is 0. The monoisotopic (exact) mass is 709 g/mol. The van der Waals surface area contributed by atoms with Gasteiger partial charge in [-0.2, -0.15) is 0 Å². The molecule has 1 N–H and O–H groups in total. The molecular formula is C46H92O4. The van der Waals surface area contributed by atoms with E-state index < -0.39 is 11.4 Å². The standard InChI is InChI=1S/C24H48O2.C22H44O2/c1-4-7-9-11-12-13-14-15-16-17-18-20-22-24(6-3,23(25)26)21-19-10-8-5-2;1-3-5-7-9-10-11-12-13-14-15-16-17-18-20-22(23)24-21-19-8-6-4-2/h4-22H2,1-3H3,(H,25,26);3-21H2,1-2H3. The Kier molecular flexibility index (Phi) is 43.2. The van der Waals surface area contributed by atoms with E-state index in [1.54, 1.807) is 0 Å². The Hall–Kier alpha value is -1.06. The second kappa shape index (κ2) is 42.4. The number of carbonyl (C=O) groups excluding carboxylic acids is 1. The van der Waals surface area contributed by atoms with E-state index in [0.717, 1.165) is 44.9 Å². The number of carboxylic acid groups (broad SMARTS) is 1. The van der Waals surface area contributed by atoms with Crippen molar-refractivity contribution in [1.29, 1.82) is 0 Å². The van der Waals surface area contributed by atoms with Crippen LogP contribution in [-0.2, 0) is 14.3 Å². The third kappa shape index (κ3) is 36.7. The van der Waals surface area contributed by atoms with Gasteiger partial charge < -0.3 is 9.84 Å².